The number of benzene rings is 2. The summed E-state index contributed by atoms with van der Waals surface area (Å²) < 4.78 is 16.0. The minimum atomic E-state index is -0.470. The Bertz CT molecular complexity index is 1230. The third-order valence-electron chi connectivity index (χ3n) is 5.01. The molecular formula is C23H21FN4O. The van der Waals surface area contributed by atoms with Crippen LogP contribution in [-0.4, -0.2) is 20.7 Å². The summed E-state index contributed by atoms with van der Waals surface area (Å²) in [4.78, 5) is 17.8. The van der Waals surface area contributed by atoms with Crippen molar-refractivity contribution in [3.8, 4) is 11.3 Å². The summed E-state index contributed by atoms with van der Waals surface area (Å²) in [5, 5.41) is 7.80. The van der Waals surface area contributed by atoms with Gasteiger partial charge in [-0.1, -0.05) is 24.3 Å². The Morgan fingerprint density at radius 1 is 1.14 bits per heavy atom. The molecule has 0 bridgehead atoms. The van der Waals surface area contributed by atoms with Gasteiger partial charge in [0.05, 0.1) is 28.7 Å². The molecule has 0 spiro atoms. The number of anilines is 1. The molecule has 2 aromatic carbocycles. The number of carbonyl (C=O) groups excluding carboxylic acids is 1. The smallest absolute Gasteiger partial charge is 0.256 e. The van der Waals surface area contributed by atoms with Crippen molar-refractivity contribution in [2.24, 2.45) is 0 Å². The van der Waals surface area contributed by atoms with Gasteiger partial charge in [-0.3, -0.25) is 9.48 Å². The van der Waals surface area contributed by atoms with Gasteiger partial charge in [-0.25, -0.2) is 9.37 Å². The number of carbonyl (C=O) groups is 1. The number of para-hydroxylation sites is 1. The number of pyridine rings is 1. The van der Waals surface area contributed by atoms with Crippen LogP contribution in [0.25, 0.3) is 22.2 Å². The predicted octanol–water partition coefficient (Wildman–Crippen LogP) is 5.13. The molecule has 6 heteroatoms. The number of nitrogens with zero attached hydrogens (tertiary/aromatic N) is 3. The zero-order valence-electron chi connectivity index (χ0n) is 16.5. The molecule has 0 fully saturated rings. The number of fused-ring (bicyclic) bond motifs is 1. The number of hydrogen-bond acceptors (Lipinski definition) is 3. The van der Waals surface area contributed by atoms with Gasteiger partial charge in [-0.2, -0.15) is 5.10 Å². The summed E-state index contributed by atoms with van der Waals surface area (Å²) >= 11 is 0. The second kappa shape index (κ2) is 7.47. The van der Waals surface area contributed by atoms with E-state index in [4.69, 9.17) is 4.98 Å². The van der Waals surface area contributed by atoms with Crippen molar-refractivity contribution in [2.75, 3.05) is 5.32 Å². The molecule has 0 radical (unpaired) electrons. The SMILES string of the molecule is CCn1ncc(-c2cc(C(=O)Nc3cc(C)ccc3F)c3ccccc3n2)c1C. The van der Waals surface area contributed by atoms with E-state index < -0.39 is 5.82 Å². The lowest BCUT2D eigenvalue weighted by atomic mass is 10.0. The molecule has 29 heavy (non-hydrogen) atoms. The maximum atomic E-state index is 14.2. The molecule has 0 unspecified atom stereocenters. The van der Waals surface area contributed by atoms with Crippen molar-refractivity contribution in [2.45, 2.75) is 27.3 Å². The van der Waals surface area contributed by atoms with Crippen molar-refractivity contribution in [3.63, 3.8) is 0 Å². The van der Waals surface area contributed by atoms with E-state index in [1.54, 1.807) is 24.4 Å². The monoisotopic (exact) mass is 388 g/mol. The Balaban J connectivity index is 1.83. The Morgan fingerprint density at radius 3 is 2.69 bits per heavy atom. The summed E-state index contributed by atoms with van der Waals surface area (Å²) in [6.07, 6.45) is 1.76. The Labute approximate surface area is 168 Å². The molecule has 0 saturated carbocycles. The summed E-state index contributed by atoms with van der Waals surface area (Å²) in [6, 6.07) is 13.8. The summed E-state index contributed by atoms with van der Waals surface area (Å²) in [5.41, 5.74) is 4.67. The molecule has 146 valence electrons. The van der Waals surface area contributed by atoms with Crippen molar-refractivity contribution in [1.29, 1.82) is 0 Å². The predicted molar refractivity (Wildman–Crippen MR) is 112 cm³/mol. The van der Waals surface area contributed by atoms with E-state index in [0.29, 0.717) is 22.2 Å². The highest BCUT2D eigenvalue weighted by Crippen LogP contribution is 2.28. The van der Waals surface area contributed by atoms with Crippen LogP contribution in [0, 0.1) is 19.7 Å². The number of amides is 1. The fourth-order valence-corrected chi connectivity index (χ4v) is 3.44. The molecule has 4 aromatic rings. The Kier molecular flexibility index (Phi) is 4.84. The second-order valence-electron chi connectivity index (χ2n) is 6.97. The Hall–Kier alpha value is -3.54. The lowest BCUT2D eigenvalue weighted by Gasteiger charge is -2.11. The minimum Gasteiger partial charge on any atom is -0.319 e. The largest absolute Gasteiger partial charge is 0.319 e. The van der Waals surface area contributed by atoms with E-state index in [1.165, 1.54) is 6.07 Å². The number of nitrogens with one attached hydrogen (secondary N) is 1. The molecule has 0 aliphatic heterocycles. The number of aryl methyl sites for hydroxylation is 2. The molecule has 0 atom stereocenters. The summed E-state index contributed by atoms with van der Waals surface area (Å²) in [5.74, 6) is -0.850. The topological polar surface area (TPSA) is 59.8 Å². The highest BCUT2D eigenvalue weighted by Gasteiger charge is 2.17. The maximum Gasteiger partial charge on any atom is 0.256 e. The fraction of sp³-hybridized carbons (Fsp3) is 0.174. The van der Waals surface area contributed by atoms with Crippen LogP contribution in [-0.2, 0) is 6.54 Å². The van der Waals surface area contributed by atoms with Crippen molar-refractivity contribution < 1.29 is 9.18 Å². The van der Waals surface area contributed by atoms with Crippen molar-refractivity contribution in [3.05, 3.63) is 77.4 Å². The zero-order valence-corrected chi connectivity index (χ0v) is 16.5. The molecule has 2 aromatic heterocycles. The maximum absolute atomic E-state index is 14.2. The number of halogens is 1. The van der Waals surface area contributed by atoms with Crippen LogP contribution in [0.4, 0.5) is 10.1 Å². The van der Waals surface area contributed by atoms with Gasteiger partial charge in [0.1, 0.15) is 5.82 Å². The number of rotatable bonds is 4. The normalized spacial score (nSPS) is 11.0. The Morgan fingerprint density at radius 2 is 1.93 bits per heavy atom. The third kappa shape index (κ3) is 3.49. The summed E-state index contributed by atoms with van der Waals surface area (Å²) in [6.45, 7) is 6.60. The minimum absolute atomic E-state index is 0.160. The van der Waals surface area contributed by atoms with E-state index in [0.717, 1.165) is 23.4 Å². The van der Waals surface area contributed by atoms with Crippen LogP contribution < -0.4 is 5.32 Å². The van der Waals surface area contributed by atoms with Gasteiger partial charge < -0.3 is 5.32 Å². The molecule has 5 nitrogen and oxygen atoms in total. The summed E-state index contributed by atoms with van der Waals surface area (Å²) in [7, 11) is 0. The van der Waals surface area contributed by atoms with Crippen LogP contribution in [0.1, 0.15) is 28.5 Å². The van der Waals surface area contributed by atoms with E-state index in [2.05, 4.69) is 10.4 Å². The highest BCUT2D eigenvalue weighted by atomic mass is 19.1. The van der Waals surface area contributed by atoms with Gasteiger partial charge in [-0.15, -0.1) is 0 Å². The second-order valence-corrected chi connectivity index (χ2v) is 6.97. The first-order valence-corrected chi connectivity index (χ1v) is 9.48. The molecular weight excluding hydrogens is 367 g/mol. The first kappa shape index (κ1) is 18.8. The van der Waals surface area contributed by atoms with Crippen LogP contribution in [0.15, 0.2) is 54.7 Å². The van der Waals surface area contributed by atoms with Gasteiger partial charge in [-0.05, 0) is 50.6 Å². The van der Waals surface area contributed by atoms with Crippen LogP contribution in [0.3, 0.4) is 0 Å². The van der Waals surface area contributed by atoms with E-state index in [1.807, 2.05) is 49.7 Å². The first-order valence-electron chi connectivity index (χ1n) is 9.48. The molecule has 0 aliphatic rings. The van der Waals surface area contributed by atoms with E-state index in [9.17, 15) is 9.18 Å². The zero-order chi connectivity index (χ0) is 20.5. The van der Waals surface area contributed by atoms with Crippen LogP contribution in [0.5, 0.6) is 0 Å². The average Bonchev–Trinajstić information content (AvgIpc) is 3.10. The lowest BCUT2D eigenvalue weighted by Crippen LogP contribution is -2.14. The van der Waals surface area contributed by atoms with Gasteiger partial charge >= 0.3 is 0 Å². The van der Waals surface area contributed by atoms with Gasteiger partial charge in [0, 0.05) is 23.2 Å². The van der Waals surface area contributed by atoms with Gasteiger partial charge in [0.15, 0.2) is 0 Å². The average molecular weight is 388 g/mol. The van der Waals surface area contributed by atoms with Gasteiger partial charge in [0.25, 0.3) is 5.91 Å². The van der Waals surface area contributed by atoms with E-state index in [-0.39, 0.29) is 11.6 Å². The first-order chi connectivity index (χ1) is 14.0. The third-order valence-corrected chi connectivity index (χ3v) is 5.01. The quantitative estimate of drug-likeness (QED) is 0.527. The standard InChI is InChI=1S/C23H21FN4O/c1-4-28-15(3)18(13-25-28)21-12-17(16-7-5-6-8-20(16)26-21)23(29)27-22-11-14(2)9-10-19(22)24/h5-13H,4H2,1-3H3,(H,27,29). The van der Waals surface area contributed by atoms with Crippen molar-refractivity contribution in [1.82, 2.24) is 14.8 Å². The van der Waals surface area contributed by atoms with Crippen LogP contribution >= 0.6 is 0 Å². The van der Waals surface area contributed by atoms with Crippen molar-refractivity contribution >= 4 is 22.5 Å². The molecule has 0 aliphatic carbocycles. The molecule has 0 saturated heterocycles. The van der Waals surface area contributed by atoms with E-state index >= 15 is 0 Å². The highest BCUT2D eigenvalue weighted by molar-refractivity contribution is 6.13. The fourth-order valence-electron chi connectivity index (χ4n) is 3.44. The number of hydrogen-bond donors (Lipinski definition) is 1. The molecule has 1 amide bonds. The lowest BCUT2D eigenvalue weighted by molar-refractivity contribution is 0.102. The van der Waals surface area contributed by atoms with Gasteiger partial charge in [0.2, 0.25) is 0 Å². The molecule has 2 heterocycles. The molecule has 1 N–H and O–H groups in total. The molecule has 4 rings (SSSR count). The number of aromatic nitrogens is 3. The van der Waals surface area contributed by atoms with Crippen LogP contribution in [0.2, 0.25) is 0 Å².